The second-order valence-corrected chi connectivity index (χ2v) is 9.00. The fourth-order valence-corrected chi connectivity index (χ4v) is 4.64. The minimum Gasteiger partial charge on any atom is -0.497 e. The summed E-state index contributed by atoms with van der Waals surface area (Å²) in [4.78, 5) is 18.8. The molecule has 0 unspecified atom stereocenters. The molecule has 0 aliphatic carbocycles. The van der Waals surface area contributed by atoms with Crippen molar-refractivity contribution in [1.82, 2.24) is 20.4 Å². The molecule has 10 heteroatoms. The number of nitrogens with one attached hydrogen (secondary N) is 1. The third kappa shape index (κ3) is 5.33. The lowest BCUT2D eigenvalue weighted by Gasteiger charge is -2.22. The lowest BCUT2D eigenvalue weighted by molar-refractivity contribution is 0.0897. The van der Waals surface area contributed by atoms with Crippen LogP contribution in [-0.2, 0) is 16.3 Å². The largest absolute Gasteiger partial charge is 0.497 e. The standard InChI is InChI=1S/C19H26N4O5S/c1-3-23-11-4-5-14(23)13-20-18(24)19-21-17(22-28-19)10-12-29(25,26)16-8-6-15(27-2)7-9-16/h6-9,14H,3-5,10-13H2,1-2H3,(H,20,24)/t14-/m0/s1. The molecule has 3 rings (SSSR count). The van der Waals surface area contributed by atoms with Gasteiger partial charge in [0.05, 0.1) is 17.8 Å². The summed E-state index contributed by atoms with van der Waals surface area (Å²) in [5.41, 5.74) is 0. The quantitative estimate of drug-likeness (QED) is 0.643. The van der Waals surface area contributed by atoms with Crippen LogP contribution in [0.5, 0.6) is 5.75 Å². The highest BCUT2D eigenvalue weighted by atomic mass is 32.2. The minimum absolute atomic E-state index is 0.0530. The van der Waals surface area contributed by atoms with Gasteiger partial charge in [0.15, 0.2) is 15.7 Å². The lowest BCUT2D eigenvalue weighted by Crippen LogP contribution is -2.40. The van der Waals surface area contributed by atoms with Crippen molar-refractivity contribution in [1.29, 1.82) is 0 Å². The average Bonchev–Trinajstić information content (AvgIpc) is 3.39. The number of benzene rings is 1. The van der Waals surface area contributed by atoms with E-state index in [4.69, 9.17) is 9.26 Å². The Hall–Kier alpha value is -2.46. The fraction of sp³-hybridized carbons (Fsp3) is 0.526. The van der Waals surface area contributed by atoms with Gasteiger partial charge >= 0.3 is 11.8 Å². The predicted molar refractivity (Wildman–Crippen MR) is 106 cm³/mol. The Balaban J connectivity index is 1.53. The van der Waals surface area contributed by atoms with Gasteiger partial charge in [-0.15, -0.1) is 0 Å². The van der Waals surface area contributed by atoms with E-state index >= 15 is 0 Å². The SMILES string of the molecule is CCN1CCC[C@H]1CNC(=O)c1nc(CCS(=O)(=O)c2ccc(OC)cc2)no1. The maximum absolute atomic E-state index is 12.4. The second kappa shape index (κ2) is 9.36. The molecule has 2 aromatic rings. The summed E-state index contributed by atoms with van der Waals surface area (Å²) >= 11 is 0. The highest BCUT2D eigenvalue weighted by Crippen LogP contribution is 2.18. The molecule has 1 atom stereocenters. The van der Waals surface area contributed by atoms with E-state index < -0.39 is 15.7 Å². The molecule has 1 aliphatic heterocycles. The molecule has 9 nitrogen and oxygen atoms in total. The van der Waals surface area contributed by atoms with Gasteiger partial charge in [-0.1, -0.05) is 12.1 Å². The summed E-state index contributed by atoms with van der Waals surface area (Å²) in [6.45, 7) is 4.62. The topological polar surface area (TPSA) is 115 Å². The number of likely N-dealkylation sites (N-methyl/N-ethyl adjacent to an activating group) is 1. The number of amides is 1. The first-order chi connectivity index (χ1) is 13.9. The van der Waals surface area contributed by atoms with E-state index in [1.807, 2.05) is 0 Å². The average molecular weight is 423 g/mol. The molecule has 1 saturated heterocycles. The summed E-state index contributed by atoms with van der Waals surface area (Å²) in [5.74, 6) is -0.0127. The highest BCUT2D eigenvalue weighted by Gasteiger charge is 2.25. The van der Waals surface area contributed by atoms with Crippen molar-refractivity contribution >= 4 is 15.7 Å². The Morgan fingerprint density at radius 3 is 2.79 bits per heavy atom. The first-order valence-electron chi connectivity index (χ1n) is 9.64. The van der Waals surface area contributed by atoms with E-state index in [0.717, 1.165) is 25.9 Å². The summed E-state index contributed by atoms with van der Waals surface area (Å²) in [6.07, 6.45) is 2.23. The number of sulfone groups is 1. The molecule has 1 N–H and O–H groups in total. The lowest BCUT2D eigenvalue weighted by atomic mass is 10.2. The minimum atomic E-state index is -3.51. The third-order valence-electron chi connectivity index (χ3n) is 5.08. The molecule has 0 bridgehead atoms. The van der Waals surface area contributed by atoms with E-state index in [-0.39, 0.29) is 28.8 Å². The zero-order valence-corrected chi connectivity index (χ0v) is 17.4. The van der Waals surface area contributed by atoms with Crippen molar-refractivity contribution in [2.45, 2.75) is 37.1 Å². The number of carbonyl (C=O) groups excluding carboxylic acids is 1. The summed E-state index contributed by atoms with van der Waals surface area (Å²) < 4.78 is 34.9. The number of hydrogen-bond acceptors (Lipinski definition) is 8. The molecule has 0 radical (unpaired) electrons. The monoisotopic (exact) mass is 422 g/mol. The number of carbonyl (C=O) groups is 1. The number of aromatic nitrogens is 2. The molecule has 1 aromatic carbocycles. The van der Waals surface area contributed by atoms with Crippen LogP contribution in [0, 0.1) is 0 Å². The maximum atomic E-state index is 12.4. The number of rotatable bonds is 9. The number of nitrogens with zero attached hydrogens (tertiary/aromatic N) is 3. The highest BCUT2D eigenvalue weighted by molar-refractivity contribution is 7.91. The van der Waals surface area contributed by atoms with Gasteiger partial charge in [0.2, 0.25) is 0 Å². The van der Waals surface area contributed by atoms with E-state index in [9.17, 15) is 13.2 Å². The second-order valence-electron chi connectivity index (χ2n) is 6.89. The number of aryl methyl sites for hydroxylation is 1. The first kappa shape index (κ1) is 21.3. The molecular formula is C19H26N4O5S. The van der Waals surface area contributed by atoms with Crippen molar-refractivity contribution in [3.63, 3.8) is 0 Å². The van der Waals surface area contributed by atoms with E-state index in [0.29, 0.717) is 18.3 Å². The third-order valence-corrected chi connectivity index (χ3v) is 6.81. The Morgan fingerprint density at radius 2 is 2.10 bits per heavy atom. The van der Waals surface area contributed by atoms with Crippen LogP contribution in [0.4, 0.5) is 0 Å². The van der Waals surface area contributed by atoms with Gasteiger partial charge in [0.25, 0.3) is 0 Å². The Labute approximate surface area is 170 Å². The zero-order chi connectivity index (χ0) is 20.9. The van der Waals surface area contributed by atoms with Gasteiger partial charge in [0.1, 0.15) is 5.75 Å². The van der Waals surface area contributed by atoms with E-state index in [1.54, 1.807) is 12.1 Å². The zero-order valence-electron chi connectivity index (χ0n) is 16.6. The van der Waals surface area contributed by atoms with Gasteiger partial charge < -0.3 is 14.6 Å². The number of hydrogen-bond donors (Lipinski definition) is 1. The number of methoxy groups -OCH3 is 1. The van der Waals surface area contributed by atoms with Crippen LogP contribution in [0.2, 0.25) is 0 Å². The van der Waals surface area contributed by atoms with Crippen LogP contribution in [0.1, 0.15) is 36.3 Å². The smallest absolute Gasteiger partial charge is 0.315 e. The van der Waals surface area contributed by atoms with Gasteiger partial charge in [0, 0.05) is 19.0 Å². The summed E-state index contributed by atoms with van der Waals surface area (Å²) in [5, 5.41) is 6.55. The fourth-order valence-electron chi connectivity index (χ4n) is 3.40. The van der Waals surface area contributed by atoms with Crippen molar-refractivity contribution in [2.75, 3.05) is 32.5 Å². The van der Waals surface area contributed by atoms with Gasteiger partial charge in [-0.25, -0.2) is 8.42 Å². The molecule has 1 amide bonds. The van der Waals surface area contributed by atoms with Crippen LogP contribution < -0.4 is 10.1 Å². The van der Waals surface area contributed by atoms with Gasteiger partial charge in [-0.05, 0) is 50.2 Å². The molecule has 1 aromatic heterocycles. The van der Waals surface area contributed by atoms with Gasteiger partial charge in [-0.2, -0.15) is 4.98 Å². The molecule has 29 heavy (non-hydrogen) atoms. The van der Waals surface area contributed by atoms with Crippen LogP contribution in [0.15, 0.2) is 33.7 Å². The molecular weight excluding hydrogens is 396 g/mol. The van der Waals surface area contributed by atoms with Crippen LogP contribution >= 0.6 is 0 Å². The molecule has 2 heterocycles. The predicted octanol–water partition coefficient (Wildman–Crippen LogP) is 1.31. The van der Waals surface area contributed by atoms with Crippen molar-refractivity contribution in [3.05, 3.63) is 36.0 Å². The first-order valence-corrected chi connectivity index (χ1v) is 11.3. The maximum Gasteiger partial charge on any atom is 0.315 e. The van der Waals surface area contributed by atoms with Crippen LogP contribution in [0.25, 0.3) is 0 Å². The van der Waals surface area contributed by atoms with Crippen LogP contribution in [-0.4, -0.2) is 67.9 Å². The van der Waals surface area contributed by atoms with Crippen molar-refractivity contribution < 1.29 is 22.5 Å². The van der Waals surface area contributed by atoms with Crippen molar-refractivity contribution in [2.24, 2.45) is 0 Å². The summed E-state index contributed by atoms with van der Waals surface area (Å²) in [6, 6.07) is 6.49. The number of likely N-dealkylation sites (tertiary alicyclic amines) is 1. The molecule has 158 valence electrons. The van der Waals surface area contributed by atoms with E-state index in [2.05, 4.69) is 27.3 Å². The molecule has 0 saturated carbocycles. The summed E-state index contributed by atoms with van der Waals surface area (Å²) in [7, 11) is -1.99. The normalized spacial score (nSPS) is 17.4. The molecule has 0 spiro atoms. The van der Waals surface area contributed by atoms with Gasteiger partial charge in [-0.3, -0.25) is 9.69 Å². The van der Waals surface area contributed by atoms with Crippen LogP contribution in [0.3, 0.4) is 0 Å². The Kier molecular flexibility index (Phi) is 6.86. The van der Waals surface area contributed by atoms with E-state index in [1.165, 1.54) is 19.2 Å². The number of ether oxygens (including phenoxy) is 1. The van der Waals surface area contributed by atoms with Crippen molar-refractivity contribution in [3.8, 4) is 5.75 Å². The molecule has 1 fully saturated rings. The molecule has 1 aliphatic rings. The Morgan fingerprint density at radius 1 is 1.34 bits per heavy atom. The Bertz CT molecular complexity index is 926.